The Bertz CT molecular complexity index is 582. The van der Waals surface area contributed by atoms with Crippen molar-refractivity contribution >= 4 is 37.5 Å². The van der Waals surface area contributed by atoms with Crippen LogP contribution in [0.5, 0.6) is 0 Å². The Kier molecular flexibility index (Phi) is 4.58. The summed E-state index contributed by atoms with van der Waals surface area (Å²) in [6.07, 6.45) is 0. The number of benzene rings is 2. The van der Waals surface area contributed by atoms with E-state index in [1.165, 1.54) is 12.1 Å². The Balaban J connectivity index is 2.22. The maximum Gasteiger partial charge on any atom is 0.126 e. The first-order valence-corrected chi connectivity index (χ1v) is 7.22. The summed E-state index contributed by atoms with van der Waals surface area (Å²) in [6.45, 7) is 1.85. The van der Waals surface area contributed by atoms with Gasteiger partial charge in [0.25, 0.3) is 0 Å². The first-order valence-electron chi connectivity index (χ1n) is 5.63. The standard InChI is InChI=1S/C14H11Br2F2N/c1-8(9-4-11(17)7-12(18)5-9)19-14-3-2-10(15)6-13(14)16/h2-8,19H,1H3. The summed E-state index contributed by atoms with van der Waals surface area (Å²) in [5.41, 5.74) is 1.42. The highest BCUT2D eigenvalue weighted by Crippen LogP contribution is 2.29. The van der Waals surface area contributed by atoms with Crippen molar-refractivity contribution in [2.75, 3.05) is 5.32 Å². The van der Waals surface area contributed by atoms with E-state index in [9.17, 15) is 8.78 Å². The SMILES string of the molecule is CC(Nc1ccc(Br)cc1Br)c1cc(F)cc(F)c1. The molecule has 0 saturated carbocycles. The first-order chi connectivity index (χ1) is 8.95. The molecule has 0 bridgehead atoms. The second-order valence-corrected chi connectivity index (χ2v) is 5.96. The van der Waals surface area contributed by atoms with Gasteiger partial charge in [-0.15, -0.1) is 0 Å². The molecule has 0 heterocycles. The summed E-state index contributed by atoms with van der Waals surface area (Å²) in [4.78, 5) is 0. The molecular weight excluding hydrogens is 380 g/mol. The van der Waals surface area contributed by atoms with Gasteiger partial charge in [0.05, 0.1) is 0 Å². The second kappa shape index (κ2) is 6.01. The van der Waals surface area contributed by atoms with Gasteiger partial charge in [0.15, 0.2) is 0 Å². The molecule has 100 valence electrons. The number of rotatable bonds is 3. The molecule has 1 nitrogen and oxygen atoms in total. The third-order valence-electron chi connectivity index (χ3n) is 2.69. The van der Waals surface area contributed by atoms with Crippen LogP contribution in [0.25, 0.3) is 0 Å². The first kappa shape index (κ1) is 14.5. The van der Waals surface area contributed by atoms with Gasteiger partial charge >= 0.3 is 0 Å². The van der Waals surface area contributed by atoms with E-state index < -0.39 is 11.6 Å². The molecular formula is C14H11Br2F2N. The van der Waals surface area contributed by atoms with E-state index in [0.717, 1.165) is 20.7 Å². The highest BCUT2D eigenvalue weighted by atomic mass is 79.9. The van der Waals surface area contributed by atoms with E-state index >= 15 is 0 Å². The van der Waals surface area contributed by atoms with Crippen molar-refractivity contribution in [1.82, 2.24) is 0 Å². The maximum atomic E-state index is 13.2. The molecule has 0 aliphatic heterocycles. The summed E-state index contributed by atoms with van der Waals surface area (Å²) in [5.74, 6) is -1.14. The van der Waals surface area contributed by atoms with Crippen LogP contribution in [0.1, 0.15) is 18.5 Å². The third-order valence-corrected chi connectivity index (χ3v) is 3.84. The number of nitrogens with one attached hydrogen (secondary N) is 1. The monoisotopic (exact) mass is 389 g/mol. The van der Waals surface area contributed by atoms with Gasteiger partial charge in [0, 0.05) is 26.7 Å². The molecule has 2 aromatic carbocycles. The minimum atomic E-state index is -0.571. The van der Waals surface area contributed by atoms with Crippen molar-refractivity contribution in [3.63, 3.8) is 0 Å². The van der Waals surface area contributed by atoms with E-state index in [0.29, 0.717) is 5.56 Å². The molecule has 1 unspecified atom stereocenters. The summed E-state index contributed by atoms with van der Waals surface area (Å²) in [7, 11) is 0. The lowest BCUT2D eigenvalue weighted by atomic mass is 10.1. The van der Waals surface area contributed by atoms with Crippen LogP contribution in [0.3, 0.4) is 0 Å². The van der Waals surface area contributed by atoms with Crippen LogP contribution >= 0.6 is 31.9 Å². The minimum absolute atomic E-state index is 0.206. The lowest BCUT2D eigenvalue weighted by Gasteiger charge is -2.17. The molecule has 0 amide bonds. The fraction of sp³-hybridized carbons (Fsp3) is 0.143. The topological polar surface area (TPSA) is 12.0 Å². The number of anilines is 1. The summed E-state index contributed by atoms with van der Waals surface area (Å²) in [5, 5.41) is 3.21. The van der Waals surface area contributed by atoms with Crippen molar-refractivity contribution in [2.24, 2.45) is 0 Å². The smallest absolute Gasteiger partial charge is 0.126 e. The Morgan fingerprint density at radius 3 is 2.21 bits per heavy atom. The Hall–Kier alpha value is -0.940. The molecule has 0 spiro atoms. The van der Waals surface area contributed by atoms with Crippen LogP contribution in [-0.4, -0.2) is 0 Å². The van der Waals surface area contributed by atoms with Gasteiger partial charge in [-0.2, -0.15) is 0 Å². The highest BCUT2D eigenvalue weighted by Gasteiger charge is 2.10. The van der Waals surface area contributed by atoms with Crippen LogP contribution in [0.15, 0.2) is 45.3 Å². The molecule has 19 heavy (non-hydrogen) atoms. The molecule has 0 radical (unpaired) electrons. The summed E-state index contributed by atoms with van der Waals surface area (Å²) in [6, 6.07) is 9.00. The Morgan fingerprint density at radius 1 is 1.00 bits per heavy atom. The van der Waals surface area contributed by atoms with Crippen LogP contribution in [0.2, 0.25) is 0 Å². The summed E-state index contributed by atoms with van der Waals surface area (Å²) < 4.78 is 28.2. The lowest BCUT2D eigenvalue weighted by molar-refractivity contribution is 0.577. The van der Waals surface area contributed by atoms with Crippen LogP contribution < -0.4 is 5.32 Å². The molecule has 2 aromatic rings. The molecule has 0 aromatic heterocycles. The van der Waals surface area contributed by atoms with Crippen molar-refractivity contribution in [1.29, 1.82) is 0 Å². The quantitative estimate of drug-likeness (QED) is 0.712. The van der Waals surface area contributed by atoms with Gasteiger partial charge in [-0.05, 0) is 58.7 Å². The lowest BCUT2D eigenvalue weighted by Crippen LogP contribution is -2.07. The fourth-order valence-corrected chi connectivity index (χ4v) is 2.91. The molecule has 0 fully saturated rings. The van der Waals surface area contributed by atoms with Gasteiger partial charge in [0.1, 0.15) is 11.6 Å². The predicted octanol–water partition coefficient (Wildman–Crippen LogP) is 5.66. The molecule has 2 rings (SSSR count). The van der Waals surface area contributed by atoms with E-state index in [-0.39, 0.29) is 6.04 Å². The van der Waals surface area contributed by atoms with E-state index in [4.69, 9.17) is 0 Å². The maximum absolute atomic E-state index is 13.2. The average Bonchev–Trinajstić information content (AvgIpc) is 2.31. The molecule has 1 N–H and O–H groups in total. The van der Waals surface area contributed by atoms with E-state index in [1.807, 2.05) is 25.1 Å². The van der Waals surface area contributed by atoms with Gasteiger partial charge in [-0.25, -0.2) is 8.78 Å². The number of halogens is 4. The van der Waals surface area contributed by atoms with Gasteiger partial charge in [0.2, 0.25) is 0 Å². The van der Waals surface area contributed by atoms with E-state index in [2.05, 4.69) is 37.2 Å². The predicted molar refractivity (Wildman–Crippen MR) is 80.2 cm³/mol. The van der Waals surface area contributed by atoms with Gasteiger partial charge in [-0.3, -0.25) is 0 Å². The molecule has 5 heteroatoms. The average molecular weight is 391 g/mol. The Labute approximate surface area is 127 Å². The Morgan fingerprint density at radius 2 is 1.63 bits per heavy atom. The van der Waals surface area contributed by atoms with Gasteiger partial charge in [-0.1, -0.05) is 15.9 Å². The van der Waals surface area contributed by atoms with Crippen LogP contribution in [0, 0.1) is 11.6 Å². The van der Waals surface area contributed by atoms with E-state index in [1.54, 1.807) is 0 Å². The zero-order chi connectivity index (χ0) is 14.0. The molecule has 0 saturated heterocycles. The van der Waals surface area contributed by atoms with Crippen LogP contribution in [-0.2, 0) is 0 Å². The van der Waals surface area contributed by atoms with Crippen LogP contribution in [0.4, 0.5) is 14.5 Å². The van der Waals surface area contributed by atoms with Crippen molar-refractivity contribution in [3.05, 3.63) is 62.5 Å². The summed E-state index contributed by atoms with van der Waals surface area (Å²) >= 11 is 6.81. The highest BCUT2D eigenvalue weighted by molar-refractivity contribution is 9.11. The molecule has 0 aliphatic carbocycles. The fourth-order valence-electron chi connectivity index (χ4n) is 1.75. The zero-order valence-electron chi connectivity index (χ0n) is 10.1. The normalized spacial score (nSPS) is 12.3. The third kappa shape index (κ3) is 3.76. The largest absolute Gasteiger partial charge is 0.378 e. The van der Waals surface area contributed by atoms with Crippen molar-refractivity contribution in [2.45, 2.75) is 13.0 Å². The second-order valence-electron chi connectivity index (χ2n) is 4.19. The number of hydrogen-bond acceptors (Lipinski definition) is 1. The number of hydrogen-bond donors (Lipinski definition) is 1. The van der Waals surface area contributed by atoms with Gasteiger partial charge < -0.3 is 5.32 Å². The molecule has 0 aliphatic rings. The minimum Gasteiger partial charge on any atom is -0.378 e. The molecule has 1 atom stereocenters. The van der Waals surface area contributed by atoms with Crippen molar-refractivity contribution < 1.29 is 8.78 Å². The zero-order valence-corrected chi connectivity index (χ0v) is 13.2. The van der Waals surface area contributed by atoms with Crippen molar-refractivity contribution in [3.8, 4) is 0 Å².